The molecule has 3 aromatic carbocycles. The molecule has 0 unspecified atom stereocenters. The molecule has 0 saturated heterocycles. The summed E-state index contributed by atoms with van der Waals surface area (Å²) in [5.74, 6) is 1.28. The van der Waals surface area contributed by atoms with Gasteiger partial charge in [-0.25, -0.2) is 4.98 Å². The van der Waals surface area contributed by atoms with Crippen LogP contribution in [0.2, 0.25) is 0 Å². The smallest absolute Gasteiger partial charge is 0.251 e. The Balaban J connectivity index is 1.36. The molecule has 1 amide bonds. The van der Waals surface area contributed by atoms with E-state index in [1.54, 1.807) is 12.1 Å². The number of carbonyl (C=O) groups excluding carboxylic acids is 1. The topological polar surface area (TPSA) is 72.2 Å². The lowest BCUT2D eigenvalue weighted by Gasteiger charge is -2.06. The molecule has 4 rings (SSSR count). The molecule has 1 heterocycles. The molecule has 0 bridgehead atoms. The van der Waals surface area contributed by atoms with Crippen molar-refractivity contribution in [3.05, 3.63) is 107 Å². The molecule has 0 saturated carbocycles. The van der Waals surface area contributed by atoms with Gasteiger partial charge in [-0.3, -0.25) is 9.00 Å². The van der Waals surface area contributed by atoms with Crippen LogP contribution in [0.15, 0.2) is 82.1 Å². The standard InChI is InChI=1S/C28H28N2O3S/c1-19-4-8-22(9-5-19)16-17-29-27(31)23-10-12-24(13-11-23)28-30-26(21(3)33-28)18-34(32)25-14-6-20(2)7-15-25/h4-15H,16-18H2,1-3H3,(H,29,31)/t34-/m0/s1. The number of nitrogens with zero attached hydrogens (tertiary/aromatic N) is 1. The lowest BCUT2D eigenvalue weighted by Crippen LogP contribution is -2.25. The molecule has 0 aliphatic rings. The zero-order valence-corrected chi connectivity index (χ0v) is 20.4. The van der Waals surface area contributed by atoms with E-state index in [0.29, 0.717) is 35.2 Å². The first-order chi connectivity index (χ1) is 16.4. The van der Waals surface area contributed by atoms with Crippen LogP contribution in [-0.4, -0.2) is 21.6 Å². The van der Waals surface area contributed by atoms with Crippen molar-refractivity contribution >= 4 is 16.7 Å². The fourth-order valence-corrected chi connectivity index (χ4v) is 4.65. The second-order valence-electron chi connectivity index (χ2n) is 8.39. The Hall–Kier alpha value is -3.51. The second-order valence-corrected chi connectivity index (χ2v) is 9.84. The normalized spacial score (nSPS) is 11.9. The number of carbonyl (C=O) groups is 1. The van der Waals surface area contributed by atoms with Crippen LogP contribution in [0.3, 0.4) is 0 Å². The maximum absolute atomic E-state index is 12.7. The van der Waals surface area contributed by atoms with E-state index < -0.39 is 10.8 Å². The minimum absolute atomic E-state index is 0.114. The SMILES string of the molecule is Cc1ccc(CCNC(=O)c2ccc(-c3nc(C[S@](=O)c4ccc(C)cc4)c(C)o3)cc2)cc1. The van der Waals surface area contributed by atoms with Crippen molar-refractivity contribution in [2.24, 2.45) is 0 Å². The predicted octanol–water partition coefficient (Wildman–Crippen LogP) is 5.55. The van der Waals surface area contributed by atoms with Gasteiger partial charge in [-0.15, -0.1) is 0 Å². The molecule has 5 nitrogen and oxygen atoms in total. The van der Waals surface area contributed by atoms with Crippen LogP contribution in [0.4, 0.5) is 0 Å². The molecular formula is C28H28N2O3S. The molecule has 174 valence electrons. The number of nitrogens with one attached hydrogen (secondary N) is 1. The first-order valence-corrected chi connectivity index (χ1v) is 12.6. The average molecular weight is 473 g/mol. The monoisotopic (exact) mass is 472 g/mol. The van der Waals surface area contributed by atoms with E-state index in [1.165, 1.54) is 11.1 Å². The van der Waals surface area contributed by atoms with Crippen molar-refractivity contribution in [1.82, 2.24) is 10.3 Å². The Morgan fingerprint density at radius 2 is 1.50 bits per heavy atom. The average Bonchev–Trinajstić information content (AvgIpc) is 3.20. The summed E-state index contributed by atoms with van der Waals surface area (Å²) in [6.07, 6.45) is 0.784. The molecule has 0 fully saturated rings. The number of hydrogen-bond donors (Lipinski definition) is 1. The van der Waals surface area contributed by atoms with E-state index in [1.807, 2.05) is 50.2 Å². The largest absolute Gasteiger partial charge is 0.441 e. The summed E-state index contributed by atoms with van der Waals surface area (Å²) in [5.41, 5.74) is 5.57. The fourth-order valence-electron chi connectivity index (χ4n) is 3.52. The van der Waals surface area contributed by atoms with Gasteiger partial charge in [0.2, 0.25) is 5.89 Å². The molecule has 0 aliphatic carbocycles. The van der Waals surface area contributed by atoms with Gasteiger partial charge in [0.05, 0.1) is 22.2 Å². The van der Waals surface area contributed by atoms with E-state index >= 15 is 0 Å². The summed E-state index contributed by atoms with van der Waals surface area (Å²) in [6.45, 7) is 6.46. The van der Waals surface area contributed by atoms with Crippen molar-refractivity contribution in [3.8, 4) is 11.5 Å². The van der Waals surface area contributed by atoms with Crippen molar-refractivity contribution in [3.63, 3.8) is 0 Å². The Morgan fingerprint density at radius 3 is 2.15 bits per heavy atom. The van der Waals surface area contributed by atoms with Gasteiger partial charge in [-0.05, 0) is 69.2 Å². The fraction of sp³-hybridized carbons (Fsp3) is 0.214. The molecule has 34 heavy (non-hydrogen) atoms. The van der Waals surface area contributed by atoms with Gasteiger partial charge in [0.1, 0.15) is 5.76 Å². The number of benzene rings is 3. The summed E-state index contributed by atoms with van der Waals surface area (Å²) in [4.78, 5) is 17.8. The van der Waals surface area contributed by atoms with Crippen LogP contribution >= 0.6 is 0 Å². The van der Waals surface area contributed by atoms with Crippen molar-refractivity contribution in [1.29, 1.82) is 0 Å². The van der Waals surface area contributed by atoms with Gasteiger partial charge in [-0.1, -0.05) is 47.5 Å². The van der Waals surface area contributed by atoms with Gasteiger partial charge < -0.3 is 9.73 Å². The highest BCUT2D eigenvalue weighted by Gasteiger charge is 2.16. The molecule has 0 spiro atoms. The highest BCUT2D eigenvalue weighted by Crippen LogP contribution is 2.24. The second kappa shape index (κ2) is 10.6. The number of amides is 1. The van der Waals surface area contributed by atoms with E-state index in [2.05, 4.69) is 41.5 Å². The molecule has 1 atom stereocenters. The highest BCUT2D eigenvalue weighted by molar-refractivity contribution is 7.84. The first kappa shape index (κ1) is 23.6. The van der Waals surface area contributed by atoms with E-state index in [-0.39, 0.29) is 5.91 Å². The van der Waals surface area contributed by atoms with Gasteiger partial charge in [0.15, 0.2) is 0 Å². The van der Waals surface area contributed by atoms with Crippen molar-refractivity contribution < 1.29 is 13.4 Å². The molecule has 0 radical (unpaired) electrons. The van der Waals surface area contributed by atoms with E-state index in [0.717, 1.165) is 22.4 Å². The minimum atomic E-state index is -1.20. The van der Waals surface area contributed by atoms with Crippen molar-refractivity contribution in [2.45, 2.75) is 37.8 Å². The molecule has 1 aromatic heterocycles. The first-order valence-electron chi connectivity index (χ1n) is 11.2. The van der Waals surface area contributed by atoms with Crippen LogP contribution in [0.25, 0.3) is 11.5 Å². The molecular weight excluding hydrogens is 444 g/mol. The van der Waals surface area contributed by atoms with Gasteiger partial charge in [0, 0.05) is 22.6 Å². The zero-order valence-electron chi connectivity index (χ0n) is 19.6. The Kier molecular flexibility index (Phi) is 7.38. The highest BCUT2D eigenvalue weighted by atomic mass is 32.2. The van der Waals surface area contributed by atoms with Gasteiger partial charge in [-0.2, -0.15) is 0 Å². The lowest BCUT2D eigenvalue weighted by molar-refractivity contribution is 0.0954. The van der Waals surface area contributed by atoms with Crippen LogP contribution in [0, 0.1) is 20.8 Å². The van der Waals surface area contributed by atoms with Crippen LogP contribution < -0.4 is 5.32 Å². The van der Waals surface area contributed by atoms with Crippen LogP contribution in [0.5, 0.6) is 0 Å². The summed E-state index contributed by atoms with van der Waals surface area (Å²) >= 11 is 0. The third kappa shape index (κ3) is 5.88. The number of oxazole rings is 1. The number of rotatable bonds is 8. The predicted molar refractivity (Wildman–Crippen MR) is 135 cm³/mol. The number of hydrogen-bond acceptors (Lipinski definition) is 4. The maximum Gasteiger partial charge on any atom is 0.251 e. The maximum atomic E-state index is 12.7. The van der Waals surface area contributed by atoms with E-state index in [4.69, 9.17) is 4.42 Å². The Labute approximate surface area is 202 Å². The number of aromatic nitrogens is 1. The zero-order chi connectivity index (χ0) is 24.1. The summed E-state index contributed by atoms with van der Waals surface area (Å²) in [7, 11) is -1.20. The van der Waals surface area contributed by atoms with Crippen molar-refractivity contribution in [2.75, 3.05) is 6.54 Å². The Bertz CT molecular complexity index is 1290. The molecule has 1 N–H and O–H groups in total. The quantitative estimate of drug-likeness (QED) is 0.365. The molecule has 0 aliphatic heterocycles. The minimum Gasteiger partial charge on any atom is -0.441 e. The lowest BCUT2D eigenvalue weighted by atomic mass is 10.1. The van der Waals surface area contributed by atoms with E-state index in [9.17, 15) is 9.00 Å². The molecule has 6 heteroatoms. The molecule has 4 aromatic rings. The summed E-state index contributed by atoms with van der Waals surface area (Å²) in [5, 5.41) is 2.96. The number of aryl methyl sites for hydroxylation is 3. The van der Waals surface area contributed by atoms with Gasteiger partial charge >= 0.3 is 0 Å². The third-order valence-electron chi connectivity index (χ3n) is 5.66. The summed E-state index contributed by atoms with van der Waals surface area (Å²) < 4.78 is 18.6. The van der Waals surface area contributed by atoms with Gasteiger partial charge in [0.25, 0.3) is 5.91 Å². The Morgan fingerprint density at radius 1 is 0.882 bits per heavy atom. The summed E-state index contributed by atoms with van der Waals surface area (Å²) in [6, 6.07) is 23.2. The third-order valence-corrected chi connectivity index (χ3v) is 6.99. The van der Waals surface area contributed by atoms with Crippen LogP contribution in [-0.2, 0) is 23.0 Å². The van der Waals surface area contributed by atoms with Crippen LogP contribution in [0.1, 0.15) is 38.5 Å².